The van der Waals surface area contributed by atoms with Crippen molar-refractivity contribution in [3.05, 3.63) is 35.1 Å². The van der Waals surface area contributed by atoms with Crippen LogP contribution in [0.2, 0.25) is 0 Å². The lowest BCUT2D eigenvalue weighted by atomic mass is 10.1. The van der Waals surface area contributed by atoms with Crippen LogP contribution in [-0.4, -0.2) is 10.9 Å². The van der Waals surface area contributed by atoms with E-state index in [0.717, 1.165) is 31.5 Å². The van der Waals surface area contributed by atoms with Gasteiger partial charge in [-0.15, -0.1) is 0 Å². The third-order valence-corrected chi connectivity index (χ3v) is 3.41. The molecule has 0 unspecified atom stereocenters. The fraction of sp³-hybridized carbons (Fsp3) is 0.538. The number of benzene rings is 1. The third-order valence-electron chi connectivity index (χ3n) is 3.41. The van der Waals surface area contributed by atoms with Gasteiger partial charge in [0.1, 0.15) is 5.82 Å². The number of nitrogens with zero attached hydrogens (tertiary/aromatic N) is 1. The zero-order valence-electron chi connectivity index (χ0n) is 9.46. The Morgan fingerprint density at radius 1 is 1.27 bits per heavy atom. The standard InChI is InChI=1S/C13H18FN/c1-3-11(4-2)15-8-10-6-5-7-13(14)12(10)9-15/h5-7,11H,3-4,8-9H2,1-2H3. The van der Waals surface area contributed by atoms with Gasteiger partial charge in [-0.3, -0.25) is 4.90 Å². The third kappa shape index (κ3) is 1.91. The lowest BCUT2D eigenvalue weighted by Gasteiger charge is -2.24. The fourth-order valence-electron chi connectivity index (χ4n) is 2.47. The molecule has 0 radical (unpaired) electrons. The lowest BCUT2D eigenvalue weighted by Crippen LogP contribution is -2.29. The van der Waals surface area contributed by atoms with Gasteiger partial charge < -0.3 is 0 Å². The van der Waals surface area contributed by atoms with Crippen LogP contribution in [0.15, 0.2) is 18.2 Å². The highest BCUT2D eigenvalue weighted by atomic mass is 19.1. The van der Waals surface area contributed by atoms with E-state index in [0.29, 0.717) is 6.04 Å². The Morgan fingerprint density at radius 3 is 2.60 bits per heavy atom. The molecule has 1 aliphatic heterocycles. The number of halogens is 1. The van der Waals surface area contributed by atoms with Crippen LogP contribution < -0.4 is 0 Å². The van der Waals surface area contributed by atoms with Gasteiger partial charge in [0.25, 0.3) is 0 Å². The monoisotopic (exact) mass is 207 g/mol. The van der Waals surface area contributed by atoms with Crippen LogP contribution in [0.25, 0.3) is 0 Å². The Labute approximate surface area is 90.9 Å². The maximum Gasteiger partial charge on any atom is 0.128 e. The van der Waals surface area contributed by atoms with Gasteiger partial charge in [-0.05, 0) is 24.5 Å². The maximum absolute atomic E-state index is 13.5. The molecule has 2 heteroatoms. The van der Waals surface area contributed by atoms with Crippen LogP contribution in [0.1, 0.15) is 37.8 Å². The highest BCUT2D eigenvalue weighted by molar-refractivity contribution is 5.31. The van der Waals surface area contributed by atoms with E-state index in [1.165, 1.54) is 5.56 Å². The van der Waals surface area contributed by atoms with Crippen molar-refractivity contribution in [2.75, 3.05) is 0 Å². The summed E-state index contributed by atoms with van der Waals surface area (Å²) < 4.78 is 13.5. The van der Waals surface area contributed by atoms with E-state index in [4.69, 9.17) is 0 Å². The van der Waals surface area contributed by atoms with Crippen molar-refractivity contribution in [1.82, 2.24) is 4.90 Å². The molecule has 0 bridgehead atoms. The molecule has 1 aromatic carbocycles. The molecule has 0 aromatic heterocycles. The first-order valence-electron chi connectivity index (χ1n) is 5.76. The molecule has 0 saturated heterocycles. The summed E-state index contributed by atoms with van der Waals surface area (Å²) in [4.78, 5) is 2.38. The summed E-state index contributed by atoms with van der Waals surface area (Å²) in [6.45, 7) is 6.11. The summed E-state index contributed by atoms with van der Waals surface area (Å²) in [5, 5.41) is 0. The van der Waals surface area contributed by atoms with Crippen molar-refractivity contribution >= 4 is 0 Å². The molecule has 0 N–H and O–H groups in total. The molecule has 1 aromatic rings. The van der Waals surface area contributed by atoms with E-state index in [2.05, 4.69) is 18.7 Å². The van der Waals surface area contributed by atoms with Crippen molar-refractivity contribution in [2.24, 2.45) is 0 Å². The van der Waals surface area contributed by atoms with E-state index < -0.39 is 0 Å². The lowest BCUT2D eigenvalue weighted by molar-refractivity contribution is 0.187. The van der Waals surface area contributed by atoms with Gasteiger partial charge in [-0.25, -0.2) is 4.39 Å². The molecule has 0 spiro atoms. The van der Waals surface area contributed by atoms with Gasteiger partial charge in [-0.1, -0.05) is 26.0 Å². The van der Waals surface area contributed by atoms with Crippen molar-refractivity contribution in [2.45, 2.75) is 45.8 Å². The molecule has 0 fully saturated rings. The van der Waals surface area contributed by atoms with Crippen LogP contribution in [-0.2, 0) is 13.1 Å². The number of hydrogen-bond donors (Lipinski definition) is 0. The predicted octanol–water partition coefficient (Wildman–Crippen LogP) is 3.33. The molecule has 0 amide bonds. The largest absolute Gasteiger partial charge is 0.292 e. The minimum absolute atomic E-state index is 0.0408. The van der Waals surface area contributed by atoms with Gasteiger partial charge in [0.05, 0.1) is 0 Å². The molecule has 2 rings (SSSR count). The average molecular weight is 207 g/mol. The Hall–Kier alpha value is -0.890. The first-order chi connectivity index (χ1) is 7.26. The molecule has 82 valence electrons. The van der Waals surface area contributed by atoms with Crippen LogP contribution in [0, 0.1) is 5.82 Å². The molecule has 1 aliphatic rings. The average Bonchev–Trinajstić information content (AvgIpc) is 2.65. The summed E-state index contributed by atoms with van der Waals surface area (Å²) in [6.07, 6.45) is 2.29. The molecule has 1 nitrogen and oxygen atoms in total. The summed E-state index contributed by atoms with van der Waals surface area (Å²) in [5.74, 6) is -0.0408. The number of rotatable bonds is 3. The van der Waals surface area contributed by atoms with Crippen molar-refractivity contribution < 1.29 is 4.39 Å². The Bertz CT molecular complexity index is 344. The number of fused-ring (bicyclic) bond motifs is 1. The molecule has 0 atom stereocenters. The minimum atomic E-state index is -0.0408. The number of hydrogen-bond acceptors (Lipinski definition) is 1. The second-order valence-corrected chi connectivity index (χ2v) is 4.25. The zero-order valence-corrected chi connectivity index (χ0v) is 9.46. The van der Waals surface area contributed by atoms with Crippen molar-refractivity contribution in [3.63, 3.8) is 0 Å². The van der Waals surface area contributed by atoms with Crippen LogP contribution >= 0.6 is 0 Å². The van der Waals surface area contributed by atoms with E-state index >= 15 is 0 Å². The van der Waals surface area contributed by atoms with E-state index in [-0.39, 0.29) is 5.82 Å². The van der Waals surface area contributed by atoms with Crippen LogP contribution in [0.3, 0.4) is 0 Å². The summed E-state index contributed by atoms with van der Waals surface area (Å²) in [7, 11) is 0. The summed E-state index contributed by atoms with van der Waals surface area (Å²) in [6, 6.07) is 6.01. The summed E-state index contributed by atoms with van der Waals surface area (Å²) >= 11 is 0. The van der Waals surface area contributed by atoms with Gasteiger partial charge in [-0.2, -0.15) is 0 Å². The molecular formula is C13H18FN. The predicted molar refractivity (Wildman–Crippen MR) is 60.0 cm³/mol. The Balaban J connectivity index is 2.18. The Morgan fingerprint density at radius 2 is 2.00 bits per heavy atom. The second kappa shape index (κ2) is 4.31. The molecule has 0 saturated carbocycles. The molecule has 1 heterocycles. The van der Waals surface area contributed by atoms with Crippen LogP contribution in [0.5, 0.6) is 0 Å². The highest BCUT2D eigenvalue weighted by Gasteiger charge is 2.25. The second-order valence-electron chi connectivity index (χ2n) is 4.25. The van der Waals surface area contributed by atoms with Gasteiger partial charge in [0.15, 0.2) is 0 Å². The van der Waals surface area contributed by atoms with Crippen molar-refractivity contribution in [1.29, 1.82) is 0 Å². The highest BCUT2D eigenvalue weighted by Crippen LogP contribution is 2.28. The van der Waals surface area contributed by atoms with E-state index in [1.54, 1.807) is 6.07 Å². The maximum atomic E-state index is 13.5. The zero-order chi connectivity index (χ0) is 10.8. The smallest absolute Gasteiger partial charge is 0.128 e. The molecule has 15 heavy (non-hydrogen) atoms. The van der Waals surface area contributed by atoms with E-state index in [9.17, 15) is 4.39 Å². The van der Waals surface area contributed by atoms with Gasteiger partial charge in [0.2, 0.25) is 0 Å². The van der Waals surface area contributed by atoms with Gasteiger partial charge in [0, 0.05) is 24.7 Å². The van der Waals surface area contributed by atoms with Crippen LogP contribution in [0.4, 0.5) is 4.39 Å². The molecule has 0 aliphatic carbocycles. The Kier molecular flexibility index (Phi) is 3.06. The summed E-state index contributed by atoms with van der Waals surface area (Å²) in [5.41, 5.74) is 2.08. The minimum Gasteiger partial charge on any atom is -0.292 e. The quantitative estimate of drug-likeness (QED) is 0.735. The normalized spacial score (nSPS) is 16.0. The fourth-order valence-corrected chi connectivity index (χ4v) is 2.47. The first kappa shape index (κ1) is 10.6. The van der Waals surface area contributed by atoms with E-state index in [1.807, 2.05) is 12.1 Å². The van der Waals surface area contributed by atoms with Crippen molar-refractivity contribution in [3.8, 4) is 0 Å². The SMILES string of the molecule is CCC(CC)N1Cc2cccc(F)c2C1. The first-order valence-corrected chi connectivity index (χ1v) is 5.76. The molecular weight excluding hydrogens is 189 g/mol. The topological polar surface area (TPSA) is 3.24 Å². The van der Waals surface area contributed by atoms with Gasteiger partial charge >= 0.3 is 0 Å².